The number of rotatable bonds is 6. The molecular formula is C18H25NO4. The number of carboxylic acid groups (broad SMARTS) is 1. The first-order valence-corrected chi connectivity index (χ1v) is 8.13. The largest absolute Gasteiger partial charge is 0.481 e. The molecule has 1 amide bonds. The molecule has 5 nitrogen and oxygen atoms in total. The highest BCUT2D eigenvalue weighted by molar-refractivity contribution is 5.77. The minimum absolute atomic E-state index is 0.0595. The third-order valence-electron chi connectivity index (χ3n) is 4.32. The average Bonchev–Trinajstić information content (AvgIpc) is 2.52. The van der Waals surface area contributed by atoms with E-state index >= 15 is 0 Å². The summed E-state index contributed by atoms with van der Waals surface area (Å²) in [6.45, 7) is 5.55. The van der Waals surface area contributed by atoms with E-state index in [1.807, 2.05) is 18.2 Å². The molecule has 1 aromatic rings. The molecule has 1 saturated heterocycles. The second kappa shape index (κ2) is 8.11. The van der Waals surface area contributed by atoms with Gasteiger partial charge in [0.25, 0.3) is 0 Å². The van der Waals surface area contributed by atoms with Crippen LogP contribution in [0.2, 0.25) is 0 Å². The number of aliphatic carboxylic acids is 1. The second-order valence-corrected chi connectivity index (χ2v) is 6.40. The Hall–Kier alpha value is -1.88. The molecule has 0 spiro atoms. The van der Waals surface area contributed by atoms with E-state index in [4.69, 9.17) is 9.84 Å². The van der Waals surface area contributed by atoms with Crippen LogP contribution in [0.4, 0.5) is 0 Å². The number of nitrogens with zero attached hydrogens (tertiary/aromatic N) is 1. The van der Waals surface area contributed by atoms with Crippen molar-refractivity contribution < 1.29 is 19.4 Å². The Morgan fingerprint density at radius 2 is 2.00 bits per heavy atom. The zero-order valence-electron chi connectivity index (χ0n) is 13.8. The van der Waals surface area contributed by atoms with E-state index in [0.717, 1.165) is 0 Å². The Morgan fingerprint density at radius 1 is 1.30 bits per heavy atom. The van der Waals surface area contributed by atoms with E-state index in [9.17, 15) is 9.59 Å². The molecule has 1 aromatic carbocycles. The van der Waals surface area contributed by atoms with Gasteiger partial charge in [-0.25, -0.2) is 0 Å². The van der Waals surface area contributed by atoms with Crippen molar-refractivity contribution in [3.8, 4) is 0 Å². The maximum absolute atomic E-state index is 12.6. The van der Waals surface area contributed by atoms with Crippen molar-refractivity contribution in [1.29, 1.82) is 0 Å². The van der Waals surface area contributed by atoms with Crippen LogP contribution >= 0.6 is 0 Å². The number of hydrogen-bond donors (Lipinski definition) is 1. The van der Waals surface area contributed by atoms with Gasteiger partial charge in [-0.2, -0.15) is 0 Å². The number of benzene rings is 1. The molecule has 1 N–H and O–H groups in total. The zero-order valence-corrected chi connectivity index (χ0v) is 13.8. The highest BCUT2D eigenvalue weighted by atomic mass is 16.5. The third kappa shape index (κ3) is 5.06. The maximum Gasteiger partial charge on any atom is 0.306 e. The quantitative estimate of drug-likeness (QED) is 0.875. The molecule has 0 aromatic heterocycles. The van der Waals surface area contributed by atoms with Crippen molar-refractivity contribution >= 4 is 11.9 Å². The summed E-state index contributed by atoms with van der Waals surface area (Å²) in [7, 11) is 0. The number of morpholine rings is 1. The summed E-state index contributed by atoms with van der Waals surface area (Å²) in [5.74, 6) is -0.290. The Bertz CT molecular complexity index is 529. The van der Waals surface area contributed by atoms with Crippen LogP contribution in [0.5, 0.6) is 0 Å². The predicted molar refractivity (Wildman–Crippen MR) is 87.2 cm³/mol. The molecule has 0 bridgehead atoms. The van der Waals surface area contributed by atoms with Crippen molar-refractivity contribution in [1.82, 2.24) is 4.90 Å². The van der Waals surface area contributed by atoms with Crippen LogP contribution in [0.25, 0.3) is 0 Å². The number of hydrogen-bond acceptors (Lipinski definition) is 3. The first kappa shape index (κ1) is 17.5. The lowest BCUT2D eigenvalue weighted by Crippen LogP contribution is -2.46. The van der Waals surface area contributed by atoms with Gasteiger partial charge in [-0.3, -0.25) is 9.59 Å². The topological polar surface area (TPSA) is 66.8 Å². The fraction of sp³-hybridized carbons (Fsp3) is 0.556. The smallest absolute Gasteiger partial charge is 0.306 e. The van der Waals surface area contributed by atoms with Gasteiger partial charge >= 0.3 is 5.97 Å². The zero-order chi connectivity index (χ0) is 16.8. The van der Waals surface area contributed by atoms with Gasteiger partial charge in [0, 0.05) is 19.5 Å². The van der Waals surface area contributed by atoms with Crippen LogP contribution < -0.4 is 0 Å². The van der Waals surface area contributed by atoms with Gasteiger partial charge in [-0.05, 0) is 17.4 Å². The standard InChI is InChI=1S/C18H25NO4/c1-13(2)16(14-6-4-3-5-7-14)11-17(20)19-8-9-23-15(12-19)10-18(21)22/h3-7,13,15-16H,8-12H2,1-2H3,(H,21,22). The summed E-state index contributed by atoms with van der Waals surface area (Å²) in [6, 6.07) is 10.1. The van der Waals surface area contributed by atoms with Gasteiger partial charge in [0.2, 0.25) is 5.91 Å². The predicted octanol–water partition coefficient (Wildman–Crippen LogP) is 2.52. The minimum atomic E-state index is -0.895. The van der Waals surface area contributed by atoms with Crippen molar-refractivity contribution in [3.05, 3.63) is 35.9 Å². The molecule has 0 saturated carbocycles. The van der Waals surface area contributed by atoms with Crippen LogP contribution in [0.1, 0.15) is 38.2 Å². The van der Waals surface area contributed by atoms with E-state index in [1.165, 1.54) is 5.56 Å². The molecule has 2 unspecified atom stereocenters. The van der Waals surface area contributed by atoms with Gasteiger partial charge in [0.05, 0.1) is 19.1 Å². The molecule has 0 radical (unpaired) electrons. The molecule has 2 atom stereocenters. The lowest BCUT2D eigenvalue weighted by atomic mass is 9.85. The highest BCUT2D eigenvalue weighted by Crippen LogP contribution is 2.28. The van der Waals surface area contributed by atoms with Crippen LogP contribution in [-0.2, 0) is 14.3 Å². The van der Waals surface area contributed by atoms with E-state index < -0.39 is 12.1 Å². The fourth-order valence-corrected chi connectivity index (χ4v) is 3.02. The van der Waals surface area contributed by atoms with Gasteiger partial charge in [0.15, 0.2) is 0 Å². The van der Waals surface area contributed by atoms with Crippen molar-refractivity contribution in [3.63, 3.8) is 0 Å². The molecule has 1 aliphatic rings. The summed E-state index contributed by atoms with van der Waals surface area (Å²) in [4.78, 5) is 25.2. The van der Waals surface area contributed by atoms with Crippen LogP contribution in [0.3, 0.4) is 0 Å². The molecular weight excluding hydrogens is 294 g/mol. The number of carboxylic acids is 1. The normalized spacial score (nSPS) is 19.6. The number of ether oxygens (including phenoxy) is 1. The maximum atomic E-state index is 12.6. The molecule has 5 heteroatoms. The second-order valence-electron chi connectivity index (χ2n) is 6.40. The van der Waals surface area contributed by atoms with Crippen molar-refractivity contribution in [2.75, 3.05) is 19.7 Å². The lowest BCUT2D eigenvalue weighted by Gasteiger charge is -2.34. The summed E-state index contributed by atoms with van der Waals surface area (Å²) >= 11 is 0. The monoisotopic (exact) mass is 319 g/mol. The minimum Gasteiger partial charge on any atom is -0.481 e. The molecule has 1 aliphatic heterocycles. The van der Waals surface area contributed by atoms with E-state index in [-0.39, 0.29) is 18.2 Å². The highest BCUT2D eigenvalue weighted by Gasteiger charge is 2.28. The van der Waals surface area contributed by atoms with E-state index in [1.54, 1.807) is 4.90 Å². The van der Waals surface area contributed by atoms with Crippen LogP contribution in [-0.4, -0.2) is 47.7 Å². The molecule has 23 heavy (non-hydrogen) atoms. The fourth-order valence-electron chi connectivity index (χ4n) is 3.02. The van der Waals surface area contributed by atoms with E-state index in [0.29, 0.717) is 32.0 Å². The summed E-state index contributed by atoms with van der Waals surface area (Å²) in [6.07, 6.45) is -0.0169. The van der Waals surface area contributed by atoms with E-state index in [2.05, 4.69) is 26.0 Å². The number of amides is 1. The van der Waals surface area contributed by atoms with Crippen LogP contribution in [0, 0.1) is 5.92 Å². The van der Waals surface area contributed by atoms with Gasteiger partial charge in [0.1, 0.15) is 0 Å². The van der Waals surface area contributed by atoms with Gasteiger partial charge in [-0.1, -0.05) is 44.2 Å². The molecule has 2 rings (SSSR count). The SMILES string of the molecule is CC(C)C(CC(=O)N1CCOC(CC(=O)O)C1)c1ccccc1. The number of carbonyl (C=O) groups is 2. The Morgan fingerprint density at radius 3 is 2.61 bits per heavy atom. The summed E-state index contributed by atoms with van der Waals surface area (Å²) in [5, 5.41) is 8.87. The third-order valence-corrected chi connectivity index (χ3v) is 4.32. The van der Waals surface area contributed by atoms with Gasteiger partial charge in [-0.15, -0.1) is 0 Å². The molecule has 0 aliphatic carbocycles. The molecule has 1 fully saturated rings. The molecule has 126 valence electrons. The van der Waals surface area contributed by atoms with Crippen molar-refractivity contribution in [2.24, 2.45) is 5.92 Å². The lowest BCUT2D eigenvalue weighted by molar-refractivity contribution is -0.148. The Kier molecular flexibility index (Phi) is 6.16. The molecule has 1 heterocycles. The number of carbonyl (C=O) groups excluding carboxylic acids is 1. The van der Waals surface area contributed by atoms with Crippen LogP contribution in [0.15, 0.2) is 30.3 Å². The van der Waals surface area contributed by atoms with Gasteiger partial charge < -0.3 is 14.7 Å². The average molecular weight is 319 g/mol. The summed E-state index contributed by atoms with van der Waals surface area (Å²) in [5.41, 5.74) is 1.17. The first-order chi connectivity index (χ1) is 11.0. The summed E-state index contributed by atoms with van der Waals surface area (Å²) < 4.78 is 5.43. The Labute approximate surface area is 137 Å². The van der Waals surface area contributed by atoms with Crippen molar-refractivity contribution in [2.45, 2.75) is 38.7 Å². The first-order valence-electron chi connectivity index (χ1n) is 8.13. The Balaban J connectivity index is 2.00.